The molecule has 0 spiro atoms. The number of halogens is 1. The second kappa shape index (κ2) is 8.06. The molecule has 1 aliphatic heterocycles. The van der Waals surface area contributed by atoms with Crippen LogP contribution in [-0.4, -0.2) is 37.6 Å². The first-order valence-corrected chi connectivity index (χ1v) is 8.09. The van der Waals surface area contributed by atoms with E-state index in [-0.39, 0.29) is 29.7 Å². The van der Waals surface area contributed by atoms with Crippen LogP contribution in [0.5, 0.6) is 0 Å². The summed E-state index contributed by atoms with van der Waals surface area (Å²) in [4.78, 5) is 25.3. The Bertz CT molecular complexity index is 565. The molecule has 6 heteroatoms. The topological polar surface area (TPSA) is 59.8 Å². The lowest BCUT2D eigenvalue weighted by atomic mass is 9.97. The van der Waals surface area contributed by atoms with Crippen molar-refractivity contribution in [2.24, 2.45) is 5.92 Å². The number of nitrogens with one attached hydrogen (secondary N) is 2. The maximum Gasteiger partial charge on any atom is 0.314 e. The SMILES string of the molecule is CCOC(=O)[C@@H]1CCC[NH+]([C@@H](C)C(=O)Nc2cccc(F)c2)C1. The molecule has 0 radical (unpaired) electrons. The average molecular weight is 323 g/mol. The zero-order valence-corrected chi connectivity index (χ0v) is 13.6. The van der Waals surface area contributed by atoms with Gasteiger partial charge in [-0.05, 0) is 44.9 Å². The van der Waals surface area contributed by atoms with Crippen LogP contribution in [0.15, 0.2) is 24.3 Å². The van der Waals surface area contributed by atoms with E-state index >= 15 is 0 Å². The summed E-state index contributed by atoms with van der Waals surface area (Å²) in [5.74, 6) is -0.885. The molecule has 0 bridgehead atoms. The van der Waals surface area contributed by atoms with E-state index in [1.165, 1.54) is 12.1 Å². The molecule has 2 N–H and O–H groups in total. The number of esters is 1. The number of carbonyl (C=O) groups excluding carboxylic acids is 2. The molecule has 0 aliphatic carbocycles. The summed E-state index contributed by atoms with van der Waals surface area (Å²) < 4.78 is 18.3. The molecule has 1 aromatic carbocycles. The van der Waals surface area contributed by atoms with E-state index in [1.807, 2.05) is 6.92 Å². The first-order chi connectivity index (χ1) is 11.0. The standard InChI is InChI=1S/C17H23FN2O3/c1-3-23-17(22)13-6-5-9-20(11-13)12(2)16(21)19-15-8-4-7-14(18)10-15/h4,7-8,10,12-13H,3,5-6,9,11H2,1-2H3,(H,19,21)/p+1/t12-,13+/m0/s1. The van der Waals surface area contributed by atoms with Gasteiger partial charge in [-0.25, -0.2) is 4.39 Å². The summed E-state index contributed by atoms with van der Waals surface area (Å²) in [6.45, 7) is 5.43. The number of amides is 1. The van der Waals surface area contributed by atoms with Crippen LogP contribution in [0, 0.1) is 11.7 Å². The molecule has 1 fully saturated rings. The highest BCUT2D eigenvalue weighted by Gasteiger charge is 2.34. The Kier molecular flexibility index (Phi) is 6.10. The predicted molar refractivity (Wildman–Crippen MR) is 84.5 cm³/mol. The third-order valence-electron chi connectivity index (χ3n) is 4.28. The molecule has 2 rings (SSSR count). The second-order valence-corrected chi connectivity index (χ2v) is 5.92. The van der Waals surface area contributed by atoms with E-state index in [1.54, 1.807) is 19.1 Å². The minimum absolute atomic E-state index is 0.150. The van der Waals surface area contributed by atoms with Gasteiger partial charge >= 0.3 is 5.97 Å². The molecular formula is C17H24FN2O3+. The Morgan fingerprint density at radius 1 is 1.48 bits per heavy atom. The molecule has 23 heavy (non-hydrogen) atoms. The highest BCUT2D eigenvalue weighted by Crippen LogP contribution is 2.11. The molecule has 1 saturated heterocycles. The molecule has 3 atom stereocenters. The van der Waals surface area contributed by atoms with Crippen molar-refractivity contribution in [2.75, 3.05) is 25.0 Å². The van der Waals surface area contributed by atoms with Crippen LogP contribution < -0.4 is 10.2 Å². The van der Waals surface area contributed by atoms with Gasteiger partial charge in [0.2, 0.25) is 0 Å². The summed E-state index contributed by atoms with van der Waals surface area (Å²) in [5.41, 5.74) is 0.445. The van der Waals surface area contributed by atoms with Crippen molar-refractivity contribution < 1.29 is 23.6 Å². The summed E-state index contributed by atoms with van der Waals surface area (Å²) >= 11 is 0. The number of piperidine rings is 1. The number of quaternary nitrogens is 1. The van der Waals surface area contributed by atoms with Crippen molar-refractivity contribution in [2.45, 2.75) is 32.7 Å². The lowest BCUT2D eigenvalue weighted by Gasteiger charge is -2.32. The van der Waals surface area contributed by atoms with E-state index in [4.69, 9.17) is 4.74 Å². The molecule has 0 saturated carbocycles. The van der Waals surface area contributed by atoms with Crippen LogP contribution >= 0.6 is 0 Å². The monoisotopic (exact) mass is 323 g/mol. The normalized spacial score (nSPS) is 22.2. The van der Waals surface area contributed by atoms with E-state index in [0.717, 1.165) is 24.3 Å². The van der Waals surface area contributed by atoms with Gasteiger partial charge in [-0.15, -0.1) is 0 Å². The van der Waals surface area contributed by atoms with Crippen LogP contribution in [0.4, 0.5) is 10.1 Å². The fourth-order valence-electron chi connectivity index (χ4n) is 2.95. The van der Waals surface area contributed by atoms with Crippen LogP contribution in [-0.2, 0) is 14.3 Å². The first kappa shape index (κ1) is 17.4. The average Bonchev–Trinajstić information content (AvgIpc) is 2.54. The van der Waals surface area contributed by atoms with Crippen LogP contribution in [0.2, 0.25) is 0 Å². The lowest BCUT2D eigenvalue weighted by molar-refractivity contribution is -0.921. The number of hydrogen-bond donors (Lipinski definition) is 2. The maximum absolute atomic E-state index is 13.2. The molecule has 1 heterocycles. The van der Waals surface area contributed by atoms with Crippen molar-refractivity contribution in [3.05, 3.63) is 30.1 Å². The Morgan fingerprint density at radius 2 is 2.26 bits per heavy atom. The first-order valence-electron chi connectivity index (χ1n) is 8.09. The van der Waals surface area contributed by atoms with Gasteiger partial charge in [0.05, 0.1) is 19.7 Å². The third kappa shape index (κ3) is 4.76. The summed E-state index contributed by atoms with van der Waals surface area (Å²) in [6, 6.07) is 5.52. The van der Waals surface area contributed by atoms with Crippen molar-refractivity contribution >= 4 is 17.6 Å². The van der Waals surface area contributed by atoms with Gasteiger partial charge in [-0.2, -0.15) is 0 Å². The maximum atomic E-state index is 13.2. The minimum atomic E-state index is -0.386. The Morgan fingerprint density at radius 3 is 2.96 bits per heavy atom. The quantitative estimate of drug-likeness (QED) is 0.795. The Hall–Kier alpha value is -1.95. The number of carbonyl (C=O) groups is 2. The summed E-state index contributed by atoms with van der Waals surface area (Å²) in [5, 5.41) is 2.73. The molecular weight excluding hydrogens is 299 g/mol. The number of ether oxygens (including phenoxy) is 1. The van der Waals surface area contributed by atoms with E-state index in [2.05, 4.69) is 5.32 Å². The number of anilines is 1. The van der Waals surface area contributed by atoms with Crippen molar-refractivity contribution in [1.29, 1.82) is 0 Å². The van der Waals surface area contributed by atoms with Crippen LogP contribution in [0.1, 0.15) is 26.7 Å². The van der Waals surface area contributed by atoms with E-state index < -0.39 is 0 Å². The van der Waals surface area contributed by atoms with Crippen molar-refractivity contribution in [3.8, 4) is 0 Å². The van der Waals surface area contributed by atoms with Gasteiger partial charge in [-0.1, -0.05) is 6.07 Å². The molecule has 1 unspecified atom stereocenters. The van der Waals surface area contributed by atoms with Gasteiger partial charge in [0.25, 0.3) is 5.91 Å². The largest absolute Gasteiger partial charge is 0.466 e. The zero-order valence-electron chi connectivity index (χ0n) is 13.6. The lowest BCUT2D eigenvalue weighted by Crippen LogP contribution is -3.18. The van der Waals surface area contributed by atoms with Crippen molar-refractivity contribution in [3.63, 3.8) is 0 Å². The smallest absolute Gasteiger partial charge is 0.314 e. The zero-order chi connectivity index (χ0) is 16.8. The van der Waals surface area contributed by atoms with Gasteiger partial charge in [0.1, 0.15) is 11.7 Å². The fraction of sp³-hybridized carbons (Fsp3) is 0.529. The van der Waals surface area contributed by atoms with Gasteiger partial charge in [0, 0.05) is 5.69 Å². The van der Waals surface area contributed by atoms with Gasteiger partial charge < -0.3 is 15.0 Å². The Balaban J connectivity index is 1.94. The van der Waals surface area contributed by atoms with Crippen LogP contribution in [0.3, 0.4) is 0 Å². The number of hydrogen-bond acceptors (Lipinski definition) is 3. The molecule has 1 aromatic rings. The molecule has 126 valence electrons. The molecule has 0 aromatic heterocycles. The number of likely N-dealkylation sites (tertiary alicyclic amines) is 1. The highest BCUT2D eigenvalue weighted by atomic mass is 19.1. The minimum Gasteiger partial charge on any atom is -0.466 e. The molecule has 1 aliphatic rings. The molecule has 1 amide bonds. The van der Waals surface area contributed by atoms with E-state index in [0.29, 0.717) is 18.8 Å². The van der Waals surface area contributed by atoms with Crippen LogP contribution in [0.25, 0.3) is 0 Å². The predicted octanol–water partition coefficient (Wildman–Crippen LogP) is 1.01. The molecule has 5 nitrogen and oxygen atoms in total. The number of benzene rings is 1. The summed E-state index contributed by atoms with van der Waals surface area (Å²) in [6.07, 6.45) is 1.69. The third-order valence-corrected chi connectivity index (χ3v) is 4.28. The van der Waals surface area contributed by atoms with Crippen molar-refractivity contribution in [1.82, 2.24) is 0 Å². The second-order valence-electron chi connectivity index (χ2n) is 5.92. The Labute approximate surface area is 135 Å². The van der Waals surface area contributed by atoms with Gasteiger partial charge in [-0.3, -0.25) is 9.59 Å². The number of rotatable bonds is 5. The highest BCUT2D eigenvalue weighted by molar-refractivity contribution is 5.93. The van der Waals surface area contributed by atoms with E-state index in [9.17, 15) is 14.0 Å². The fourth-order valence-corrected chi connectivity index (χ4v) is 2.95. The summed E-state index contributed by atoms with van der Waals surface area (Å²) in [7, 11) is 0. The van der Waals surface area contributed by atoms with Gasteiger partial charge in [0.15, 0.2) is 6.04 Å².